The molecular formula is C11H9BrN2O4. The van der Waals surface area contributed by atoms with E-state index in [9.17, 15) is 9.59 Å². The summed E-state index contributed by atoms with van der Waals surface area (Å²) in [6, 6.07) is 5.07. The minimum atomic E-state index is -1.13. The van der Waals surface area contributed by atoms with Gasteiger partial charge in [0.2, 0.25) is 0 Å². The first-order chi connectivity index (χ1) is 8.50. The lowest BCUT2D eigenvalue weighted by Crippen LogP contribution is -2.02. The number of carbonyl (C=O) groups is 2. The highest BCUT2D eigenvalue weighted by Crippen LogP contribution is 2.20. The van der Waals surface area contributed by atoms with E-state index in [1.54, 1.807) is 22.6 Å². The Labute approximate surface area is 110 Å². The average Bonchev–Trinajstić information content (AvgIpc) is 2.67. The van der Waals surface area contributed by atoms with Gasteiger partial charge in [-0.3, -0.25) is 9.20 Å². The van der Waals surface area contributed by atoms with E-state index in [2.05, 4.69) is 20.9 Å². The Morgan fingerprint density at radius 1 is 1.33 bits per heavy atom. The smallest absolute Gasteiger partial charge is 0.356 e. The van der Waals surface area contributed by atoms with Crippen LogP contribution >= 0.6 is 15.9 Å². The number of aliphatic carboxylic acids is 1. The monoisotopic (exact) mass is 312 g/mol. The molecule has 0 aromatic carbocycles. The topological polar surface area (TPSA) is 91.9 Å². The lowest BCUT2D eigenvalue weighted by molar-refractivity contribution is -0.137. The van der Waals surface area contributed by atoms with E-state index < -0.39 is 11.9 Å². The van der Waals surface area contributed by atoms with Crippen molar-refractivity contribution in [2.24, 2.45) is 0 Å². The molecule has 0 unspecified atom stereocenters. The third kappa shape index (κ3) is 2.21. The summed E-state index contributed by atoms with van der Waals surface area (Å²) >= 11 is 3.30. The number of halogens is 1. The first-order valence-corrected chi connectivity index (χ1v) is 5.91. The molecule has 0 atom stereocenters. The summed E-state index contributed by atoms with van der Waals surface area (Å²) in [5, 5.41) is 17.7. The molecule has 0 saturated carbocycles. The minimum Gasteiger partial charge on any atom is -0.481 e. The highest BCUT2D eigenvalue weighted by molar-refractivity contribution is 9.10. The molecule has 0 fully saturated rings. The molecule has 0 aliphatic carbocycles. The number of imidazole rings is 1. The molecule has 0 aliphatic rings. The maximum absolute atomic E-state index is 11.1. The predicted octanol–water partition coefficient (Wildman–Crippen LogP) is 1.81. The fourth-order valence-electron chi connectivity index (χ4n) is 1.71. The van der Waals surface area contributed by atoms with Gasteiger partial charge in [0.25, 0.3) is 0 Å². The average molecular weight is 313 g/mol. The van der Waals surface area contributed by atoms with Gasteiger partial charge in [-0.05, 0) is 28.1 Å². The van der Waals surface area contributed by atoms with Crippen molar-refractivity contribution in [3.63, 3.8) is 0 Å². The van der Waals surface area contributed by atoms with Gasteiger partial charge >= 0.3 is 11.9 Å². The number of aromatic nitrogens is 2. The van der Waals surface area contributed by atoms with Crippen LogP contribution in [0.2, 0.25) is 0 Å². The number of hydrogen-bond donors (Lipinski definition) is 2. The number of pyridine rings is 1. The van der Waals surface area contributed by atoms with Crippen LogP contribution in [-0.2, 0) is 11.2 Å². The van der Waals surface area contributed by atoms with E-state index >= 15 is 0 Å². The van der Waals surface area contributed by atoms with E-state index in [1.165, 1.54) is 0 Å². The number of carboxylic acids is 2. The van der Waals surface area contributed by atoms with Crippen molar-refractivity contribution >= 4 is 33.4 Å². The van der Waals surface area contributed by atoms with E-state index in [0.29, 0.717) is 15.9 Å². The Balaban J connectivity index is 2.58. The van der Waals surface area contributed by atoms with Crippen LogP contribution in [0.1, 0.15) is 22.7 Å². The van der Waals surface area contributed by atoms with Gasteiger partial charge in [-0.25, -0.2) is 9.78 Å². The highest BCUT2D eigenvalue weighted by Gasteiger charge is 2.18. The van der Waals surface area contributed by atoms with Crippen molar-refractivity contribution in [1.82, 2.24) is 9.38 Å². The van der Waals surface area contributed by atoms with Crippen LogP contribution < -0.4 is 0 Å². The van der Waals surface area contributed by atoms with Crippen molar-refractivity contribution < 1.29 is 19.8 Å². The Hall–Kier alpha value is -1.89. The maximum atomic E-state index is 11.1. The molecule has 0 bridgehead atoms. The molecule has 94 valence electrons. The van der Waals surface area contributed by atoms with Gasteiger partial charge in [0.15, 0.2) is 5.69 Å². The van der Waals surface area contributed by atoms with E-state index in [1.807, 2.05) is 0 Å². The van der Waals surface area contributed by atoms with Crippen LogP contribution in [0.15, 0.2) is 22.8 Å². The molecular weight excluding hydrogens is 304 g/mol. The molecule has 2 aromatic rings. The second kappa shape index (κ2) is 4.77. The first-order valence-electron chi connectivity index (χ1n) is 5.11. The molecule has 0 radical (unpaired) electrons. The predicted molar refractivity (Wildman–Crippen MR) is 65.8 cm³/mol. The van der Waals surface area contributed by atoms with Crippen molar-refractivity contribution in [3.05, 3.63) is 34.3 Å². The van der Waals surface area contributed by atoms with Crippen molar-refractivity contribution in [2.75, 3.05) is 0 Å². The van der Waals surface area contributed by atoms with E-state index in [4.69, 9.17) is 10.2 Å². The molecule has 0 saturated heterocycles. The van der Waals surface area contributed by atoms with E-state index in [-0.39, 0.29) is 18.5 Å². The molecule has 7 heteroatoms. The van der Waals surface area contributed by atoms with Gasteiger partial charge in [0, 0.05) is 6.42 Å². The van der Waals surface area contributed by atoms with Crippen molar-refractivity contribution in [2.45, 2.75) is 12.8 Å². The summed E-state index contributed by atoms with van der Waals surface area (Å²) < 4.78 is 2.24. The zero-order valence-electron chi connectivity index (χ0n) is 9.13. The number of nitrogens with zero attached hydrogens (tertiary/aromatic N) is 2. The van der Waals surface area contributed by atoms with Crippen LogP contribution in [-0.4, -0.2) is 31.5 Å². The molecule has 6 nitrogen and oxygen atoms in total. The molecule has 18 heavy (non-hydrogen) atoms. The standard InChI is InChI=1S/C11H9BrN2O4/c12-7-3-1-2-6-10(11(17)18)13-8(14(6)7)4-5-9(15)16/h1-3H,4-5H2,(H,15,16)(H,17,18). The minimum absolute atomic E-state index is 0.0725. The zero-order valence-corrected chi connectivity index (χ0v) is 10.7. The van der Waals surface area contributed by atoms with Crippen LogP contribution in [0.5, 0.6) is 0 Å². The molecule has 2 N–H and O–H groups in total. The second-order valence-corrected chi connectivity index (χ2v) is 4.46. The lowest BCUT2D eigenvalue weighted by Gasteiger charge is -2.02. The SMILES string of the molecule is O=C(O)CCc1nc(C(=O)O)c2cccc(Br)n12. The number of rotatable bonds is 4. The molecule has 0 amide bonds. The van der Waals surface area contributed by atoms with Crippen LogP contribution in [0.3, 0.4) is 0 Å². The normalized spacial score (nSPS) is 10.7. The number of aryl methyl sites for hydroxylation is 1. The molecule has 2 rings (SSSR count). The van der Waals surface area contributed by atoms with Crippen LogP contribution in [0.25, 0.3) is 5.52 Å². The molecule has 0 spiro atoms. The Bertz CT molecular complexity index is 635. The summed E-state index contributed by atoms with van der Waals surface area (Å²) in [5.74, 6) is -1.67. The summed E-state index contributed by atoms with van der Waals surface area (Å²) in [4.78, 5) is 25.6. The van der Waals surface area contributed by atoms with Crippen molar-refractivity contribution in [3.8, 4) is 0 Å². The first kappa shape index (κ1) is 12.6. The fourth-order valence-corrected chi connectivity index (χ4v) is 2.26. The summed E-state index contributed by atoms with van der Waals surface area (Å²) in [7, 11) is 0. The quantitative estimate of drug-likeness (QED) is 0.840. The number of fused-ring (bicyclic) bond motifs is 1. The molecule has 2 aromatic heterocycles. The Morgan fingerprint density at radius 2 is 2.06 bits per heavy atom. The highest BCUT2D eigenvalue weighted by atomic mass is 79.9. The summed E-state index contributed by atoms with van der Waals surface area (Å²) in [5.41, 5.74) is 0.369. The van der Waals surface area contributed by atoms with Crippen LogP contribution in [0.4, 0.5) is 0 Å². The maximum Gasteiger partial charge on any atom is 0.356 e. The van der Waals surface area contributed by atoms with Gasteiger partial charge in [-0.15, -0.1) is 0 Å². The molecule has 2 heterocycles. The summed E-state index contributed by atoms with van der Waals surface area (Å²) in [6.45, 7) is 0. The fraction of sp³-hybridized carbons (Fsp3) is 0.182. The third-order valence-electron chi connectivity index (χ3n) is 2.45. The van der Waals surface area contributed by atoms with Gasteiger partial charge in [0.1, 0.15) is 5.82 Å². The number of hydrogen-bond acceptors (Lipinski definition) is 3. The van der Waals surface area contributed by atoms with E-state index in [0.717, 1.165) is 0 Å². The van der Waals surface area contributed by atoms with Crippen LogP contribution in [0, 0.1) is 0 Å². The number of carboxylic acid groups (broad SMARTS) is 2. The summed E-state index contributed by atoms with van der Waals surface area (Å²) in [6.07, 6.45) is 0.0753. The van der Waals surface area contributed by atoms with Gasteiger partial charge in [0.05, 0.1) is 16.5 Å². The van der Waals surface area contributed by atoms with Gasteiger partial charge in [-0.1, -0.05) is 6.07 Å². The van der Waals surface area contributed by atoms with Crippen molar-refractivity contribution in [1.29, 1.82) is 0 Å². The second-order valence-electron chi connectivity index (χ2n) is 3.64. The van der Waals surface area contributed by atoms with Gasteiger partial charge < -0.3 is 10.2 Å². The third-order valence-corrected chi connectivity index (χ3v) is 3.07. The number of aromatic carboxylic acids is 1. The van der Waals surface area contributed by atoms with Gasteiger partial charge in [-0.2, -0.15) is 0 Å². The molecule has 0 aliphatic heterocycles. The Kier molecular flexibility index (Phi) is 3.33. The largest absolute Gasteiger partial charge is 0.481 e. The Morgan fingerprint density at radius 3 is 2.67 bits per heavy atom. The lowest BCUT2D eigenvalue weighted by atomic mass is 10.3. The zero-order chi connectivity index (χ0) is 13.3.